The van der Waals surface area contributed by atoms with Crippen LogP contribution in [0.25, 0.3) is 11.1 Å². The van der Waals surface area contributed by atoms with Crippen molar-refractivity contribution in [3.63, 3.8) is 0 Å². The number of Topliss-reactive ketones (excluding diaryl/α,β-unsaturated/α-hetero) is 1. The zero-order valence-electron chi connectivity index (χ0n) is 13.4. The molecule has 0 amide bonds. The Bertz CT molecular complexity index is 701. The van der Waals surface area contributed by atoms with Crippen LogP contribution in [0.5, 0.6) is 0 Å². The van der Waals surface area contributed by atoms with Crippen molar-refractivity contribution in [2.45, 2.75) is 38.2 Å². The van der Waals surface area contributed by atoms with E-state index >= 15 is 0 Å². The Kier molecular flexibility index (Phi) is 4.03. The number of rotatable bonds is 6. The van der Waals surface area contributed by atoms with Crippen LogP contribution >= 0.6 is 0 Å². The van der Waals surface area contributed by atoms with E-state index in [0.29, 0.717) is 12.9 Å². The summed E-state index contributed by atoms with van der Waals surface area (Å²) in [7, 11) is 0. The van der Waals surface area contributed by atoms with E-state index in [-0.39, 0.29) is 18.1 Å². The molecular weight excluding hydrogens is 288 g/mol. The fourth-order valence-corrected chi connectivity index (χ4v) is 3.43. The molecule has 3 rings (SSSR count). The molecule has 0 spiro atoms. The summed E-state index contributed by atoms with van der Waals surface area (Å²) in [6, 6.07) is 16.5. The first-order valence-corrected chi connectivity index (χ1v) is 7.83. The normalized spacial score (nSPS) is 13.3. The lowest BCUT2D eigenvalue weighted by Gasteiger charge is -2.22. The SMILES string of the molecule is CC(C)(CC(=O)CC1c2ccccc2-c2ccccc21)OC=O. The molecule has 0 aromatic heterocycles. The smallest absolute Gasteiger partial charge is 0.293 e. The van der Waals surface area contributed by atoms with Gasteiger partial charge in [-0.15, -0.1) is 0 Å². The zero-order chi connectivity index (χ0) is 16.4. The molecule has 3 heteroatoms. The summed E-state index contributed by atoms with van der Waals surface area (Å²) in [5, 5.41) is 0. The van der Waals surface area contributed by atoms with Gasteiger partial charge in [-0.3, -0.25) is 9.59 Å². The molecule has 2 aromatic carbocycles. The molecule has 0 atom stereocenters. The van der Waals surface area contributed by atoms with Crippen molar-refractivity contribution in [2.75, 3.05) is 0 Å². The van der Waals surface area contributed by atoms with Gasteiger partial charge < -0.3 is 4.74 Å². The van der Waals surface area contributed by atoms with Crippen molar-refractivity contribution >= 4 is 12.3 Å². The zero-order valence-corrected chi connectivity index (χ0v) is 13.4. The maximum Gasteiger partial charge on any atom is 0.293 e. The summed E-state index contributed by atoms with van der Waals surface area (Å²) >= 11 is 0. The van der Waals surface area contributed by atoms with E-state index in [4.69, 9.17) is 4.74 Å². The highest BCUT2D eigenvalue weighted by atomic mass is 16.5. The summed E-state index contributed by atoms with van der Waals surface area (Å²) in [4.78, 5) is 23.1. The standard InChI is InChI=1S/C20H20O3/c1-20(2,23-13-21)12-14(22)11-19-17-9-5-3-7-15(17)16-8-4-6-10-18(16)19/h3-10,13,19H,11-12H2,1-2H3. The molecule has 0 fully saturated rings. The van der Waals surface area contributed by atoms with E-state index in [0.717, 1.165) is 0 Å². The third-order valence-corrected chi connectivity index (χ3v) is 4.38. The fourth-order valence-electron chi connectivity index (χ4n) is 3.43. The summed E-state index contributed by atoms with van der Waals surface area (Å²) in [6.45, 7) is 3.93. The van der Waals surface area contributed by atoms with Crippen molar-refractivity contribution in [3.8, 4) is 11.1 Å². The molecular formula is C20H20O3. The highest BCUT2D eigenvalue weighted by molar-refractivity contribution is 5.85. The van der Waals surface area contributed by atoms with Crippen LogP contribution in [-0.4, -0.2) is 17.9 Å². The van der Waals surface area contributed by atoms with Crippen LogP contribution in [0.2, 0.25) is 0 Å². The Hall–Kier alpha value is -2.42. The fraction of sp³-hybridized carbons (Fsp3) is 0.300. The Labute approximate surface area is 136 Å². The Morgan fingerprint density at radius 2 is 1.57 bits per heavy atom. The average Bonchev–Trinajstić information content (AvgIpc) is 2.82. The van der Waals surface area contributed by atoms with E-state index in [2.05, 4.69) is 24.3 Å². The first-order chi connectivity index (χ1) is 11.0. The van der Waals surface area contributed by atoms with Crippen LogP contribution in [0.1, 0.15) is 43.7 Å². The number of hydrogen-bond acceptors (Lipinski definition) is 3. The molecule has 1 aliphatic rings. The highest BCUT2D eigenvalue weighted by Crippen LogP contribution is 2.46. The predicted molar refractivity (Wildman–Crippen MR) is 89.2 cm³/mol. The van der Waals surface area contributed by atoms with Crippen LogP contribution in [0.3, 0.4) is 0 Å². The third-order valence-electron chi connectivity index (χ3n) is 4.38. The van der Waals surface area contributed by atoms with Crippen LogP contribution < -0.4 is 0 Å². The largest absolute Gasteiger partial charge is 0.461 e. The van der Waals surface area contributed by atoms with Crippen molar-refractivity contribution < 1.29 is 14.3 Å². The second-order valence-corrected chi connectivity index (χ2v) is 6.62. The number of hydrogen-bond donors (Lipinski definition) is 0. The molecule has 118 valence electrons. The van der Waals surface area contributed by atoms with Gasteiger partial charge in [-0.05, 0) is 36.1 Å². The number of carbonyl (C=O) groups excluding carboxylic acids is 2. The second kappa shape index (κ2) is 5.99. The first kappa shape index (κ1) is 15.5. The van der Waals surface area contributed by atoms with Gasteiger partial charge in [0.2, 0.25) is 0 Å². The average molecular weight is 308 g/mol. The van der Waals surface area contributed by atoms with Gasteiger partial charge in [0.1, 0.15) is 11.4 Å². The molecule has 3 nitrogen and oxygen atoms in total. The van der Waals surface area contributed by atoms with E-state index in [9.17, 15) is 9.59 Å². The summed E-state index contributed by atoms with van der Waals surface area (Å²) in [6.07, 6.45) is 0.659. The molecule has 0 unspecified atom stereocenters. The molecule has 2 aromatic rings. The van der Waals surface area contributed by atoms with Gasteiger partial charge in [0.05, 0.1) is 0 Å². The van der Waals surface area contributed by atoms with Crippen LogP contribution in [0.4, 0.5) is 0 Å². The molecule has 0 saturated carbocycles. The first-order valence-electron chi connectivity index (χ1n) is 7.83. The summed E-state index contributed by atoms with van der Waals surface area (Å²) < 4.78 is 5.00. The van der Waals surface area contributed by atoms with E-state index in [1.54, 1.807) is 13.8 Å². The van der Waals surface area contributed by atoms with Gasteiger partial charge >= 0.3 is 0 Å². The molecule has 0 heterocycles. The van der Waals surface area contributed by atoms with Gasteiger partial charge in [-0.1, -0.05) is 48.5 Å². The Morgan fingerprint density at radius 1 is 1.04 bits per heavy atom. The van der Waals surface area contributed by atoms with E-state index in [1.165, 1.54) is 22.3 Å². The summed E-state index contributed by atoms with van der Waals surface area (Å²) in [5.74, 6) is 0.190. The molecule has 1 aliphatic carbocycles. The molecule has 0 bridgehead atoms. The number of ketones is 1. The molecule has 0 radical (unpaired) electrons. The Morgan fingerprint density at radius 3 is 2.09 bits per heavy atom. The van der Waals surface area contributed by atoms with Crippen molar-refractivity contribution in [2.24, 2.45) is 0 Å². The van der Waals surface area contributed by atoms with Crippen LogP contribution in [0.15, 0.2) is 48.5 Å². The maximum atomic E-state index is 12.5. The lowest BCUT2D eigenvalue weighted by Crippen LogP contribution is -2.28. The van der Waals surface area contributed by atoms with Crippen LogP contribution in [-0.2, 0) is 14.3 Å². The lowest BCUT2D eigenvalue weighted by atomic mass is 9.88. The summed E-state index contributed by atoms with van der Waals surface area (Å²) in [5.41, 5.74) is 4.08. The van der Waals surface area contributed by atoms with E-state index in [1.807, 2.05) is 24.3 Å². The van der Waals surface area contributed by atoms with Gasteiger partial charge in [-0.2, -0.15) is 0 Å². The number of ether oxygens (including phenoxy) is 1. The van der Waals surface area contributed by atoms with Crippen molar-refractivity contribution in [1.82, 2.24) is 0 Å². The third kappa shape index (κ3) is 3.04. The van der Waals surface area contributed by atoms with Crippen molar-refractivity contribution in [3.05, 3.63) is 59.7 Å². The molecule has 0 N–H and O–H groups in total. The van der Waals surface area contributed by atoms with Gasteiger partial charge in [0.15, 0.2) is 0 Å². The van der Waals surface area contributed by atoms with Gasteiger partial charge in [0.25, 0.3) is 6.47 Å². The topological polar surface area (TPSA) is 43.4 Å². The quantitative estimate of drug-likeness (QED) is 0.755. The molecule has 23 heavy (non-hydrogen) atoms. The number of fused-ring (bicyclic) bond motifs is 3. The van der Waals surface area contributed by atoms with Crippen molar-refractivity contribution in [1.29, 1.82) is 0 Å². The second-order valence-electron chi connectivity index (χ2n) is 6.62. The van der Waals surface area contributed by atoms with Gasteiger partial charge in [-0.25, -0.2) is 0 Å². The minimum Gasteiger partial charge on any atom is -0.461 e. The number of carbonyl (C=O) groups is 2. The maximum absolute atomic E-state index is 12.5. The van der Waals surface area contributed by atoms with Crippen LogP contribution in [0, 0.1) is 0 Å². The Balaban J connectivity index is 1.86. The minimum atomic E-state index is -0.753. The molecule has 0 saturated heterocycles. The predicted octanol–water partition coefficient (Wildman–Crippen LogP) is 4.10. The number of benzene rings is 2. The molecule has 0 aliphatic heterocycles. The monoisotopic (exact) mass is 308 g/mol. The van der Waals surface area contributed by atoms with Gasteiger partial charge in [0, 0.05) is 18.8 Å². The minimum absolute atomic E-state index is 0.0851. The van der Waals surface area contributed by atoms with E-state index < -0.39 is 5.60 Å². The lowest BCUT2D eigenvalue weighted by molar-refractivity contribution is -0.143. The highest BCUT2D eigenvalue weighted by Gasteiger charge is 2.31.